The predicted octanol–water partition coefficient (Wildman–Crippen LogP) is 4.53. The van der Waals surface area contributed by atoms with E-state index >= 15 is 0 Å². The van der Waals surface area contributed by atoms with Gasteiger partial charge in [0.1, 0.15) is 11.8 Å². The van der Waals surface area contributed by atoms with Crippen molar-refractivity contribution in [1.29, 1.82) is 0 Å². The number of alkyl halides is 3. The Morgan fingerprint density at radius 2 is 1.77 bits per heavy atom. The lowest BCUT2D eigenvalue weighted by molar-refractivity contribution is -0.274. The first-order valence-corrected chi connectivity index (χ1v) is 11.2. The Morgan fingerprint density at radius 1 is 1.06 bits per heavy atom. The minimum absolute atomic E-state index is 0.0945. The molecule has 2 amide bonds. The molecule has 0 radical (unpaired) electrons. The van der Waals surface area contributed by atoms with Crippen LogP contribution in [0.4, 0.5) is 13.2 Å². The molecule has 2 aromatic carbocycles. The first kappa shape index (κ1) is 22.9. The fourth-order valence-electron chi connectivity index (χ4n) is 4.56. The molecule has 0 saturated heterocycles. The van der Waals surface area contributed by atoms with Crippen LogP contribution in [-0.4, -0.2) is 34.6 Å². The van der Waals surface area contributed by atoms with Gasteiger partial charge in [-0.25, -0.2) is 0 Å². The van der Waals surface area contributed by atoms with Crippen LogP contribution < -0.4 is 10.1 Å². The summed E-state index contributed by atoms with van der Waals surface area (Å²) in [5, 5.41) is 2.83. The van der Waals surface area contributed by atoms with Gasteiger partial charge in [0.2, 0.25) is 5.91 Å². The fraction of sp³-hybridized carbons (Fsp3) is 0.269. The lowest BCUT2D eigenvalue weighted by Gasteiger charge is -2.29. The van der Waals surface area contributed by atoms with Crippen LogP contribution in [-0.2, 0) is 16.8 Å². The van der Waals surface area contributed by atoms with E-state index in [-0.39, 0.29) is 29.5 Å². The molecule has 1 aliphatic heterocycles. The Morgan fingerprint density at radius 3 is 2.43 bits per heavy atom. The van der Waals surface area contributed by atoms with Gasteiger partial charge in [-0.15, -0.1) is 13.2 Å². The average Bonchev–Trinajstić information content (AvgIpc) is 3.58. The second-order valence-electron chi connectivity index (χ2n) is 8.83. The highest BCUT2D eigenvalue weighted by Crippen LogP contribution is 2.50. The quantitative estimate of drug-likeness (QED) is 0.539. The number of carbonyl (C=O) groups is 2. The van der Waals surface area contributed by atoms with E-state index in [1.165, 1.54) is 24.3 Å². The maximum Gasteiger partial charge on any atom is 0.573 e. The maximum absolute atomic E-state index is 13.3. The number of nitrogens with one attached hydrogen (secondary N) is 1. The number of hydrogen-bond acceptors (Lipinski definition) is 4. The van der Waals surface area contributed by atoms with Gasteiger partial charge >= 0.3 is 6.36 Å². The lowest BCUT2D eigenvalue weighted by Crippen LogP contribution is -2.42. The zero-order valence-corrected chi connectivity index (χ0v) is 18.6. The highest BCUT2D eigenvalue weighted by Gasteiger charge is 2.51. The number of benzene rings is 2. The third-order valence-corrected chi connectivity index (χ3v) is 6.47. The molecule has 35 heavy (non-hydrogen) atoms. The number of carbonyl (C=O) groups excluding carboxylic acids is 2. The Hall–Kier alpha value is -3.88. The molecular formula is C26H22F3N3O3. The molecule has 1 aliphatic carbocycles. The number of ether oxygens (including phenoxy) is 1. The van der Waals surface area contributed by atoms with Crippen molar-refractivity contribution in [2.24, 2.45) is 0 Å². The van der Waals surface area contributed by atoms with E-state index < -0.39 is 12.4 Å². The predicted molar refractivity (Wildman–Crippen MR) is 120 cm³/mol. The smallest absolute Gasteiger partial charge is 0.406 e. The highest BCUT2D eigenvalue weighted by molar-refractivity contribution is 6.04. The number of fused-ring (bicyclic) bond motifs is 1. The molecule has 0 spiro atoms. The van der Waals surface area contributed by atoms with Gasteiger partial charge in [0, 0.05) is 36.0 Å². The average molecular weight is 481 g/mol. The lowest BCUT2D eigenvalue weighted by atomic mass is 9.99. The summed E-state index contributed by atoms with van der Waals surface area (Å²) in [5.41, 5.74) is 2.37. The van der Waals surface area contributed by atoms with Crippen LogP contribution in [0.15, 0.2) is 72.9 Å². The topological polar surface area (TPSA) is 71.5 Å². The van der Waals surface area contributed by atoms with Gasteiger partial charge in [0.25, 0.3) is 5.91 Å². The number of aromatic nitrogens is 1. The third kappa shape index (κ3) is 4.71. The summed E-state index contributed by atoms with van der Waals surface area (Å²) in [6.07, 6.45) is -1.28. The number of nitrogens with zero attached hydrogens (tertiary/aromatic N) is 2. The van der Waals surface area contributed by atoms with Crippen molar-refractivity contribution in [2.45, 2.75) is 37.2 Å². The second kappa shape index (κ2) is 8.72. The van der Waals surface area contributed by atoms with Crippen LogP contribution in [0.1, 0.15) is 46.1 Å². The van der Waals surface area contributed by atoms with Crippen molar-refractivity contribution >= 4 is 11.8 Å². The summed E-state index contributed by atoms with van der Waals surface area (Å²) in [4.78, 5) is 32.7. The van der Waals surface area contributed by atoms with E-state index in [2.05, 4.69) is 15.0 Å². The molecule has 5 rings (SSSR count). The molecule has 180 valence electrons. The molecule has 2 heterocycles. The van der Waals surface area contributed by atoms with Crippen molar-refractivity contribution < 1.29 is 27.5 Å². The number of amides is 2. The summed E-state index contributed by atoms with van der Waals surface area (Å²) >= 11 is 0. The van der Waals surface area contributed by atoms with E-state index in [4.69, 9.17) is 0 Å². The maximum atomic E-state index is 13.3. The van der Waals surface area contributed by atoms with Gasteiger partial charge in [-0.2, -0.15) is 0 Å². The molecular weight excluding hydrogens is 459 g/mol. The zero-order chi connectivity index (χ0) is 24.6. The first-order valence-electron chi connectivity index (χ1n) is 11.2. The summed E-state index contributed by atoms with van der Waals surface area (Å²) in [5.74, 6) is -0.884. The van der Waals surface area contributed by atoms with E-state index in [9.17, 15) is 22.8 Å². The third-order valence-electron chi connectivity index (χ3n) is 6.47. The number of hydrogen-bond donors (Lipinski definition) is 1. The van der Waals surface area contributed by atoms with Crippen LogP contribution in [0.5, 0.6) is 5.75 Å². The second-order valence-corrected chi connectivity index (χ2v) is 8.83. The highest BCUT2D eigenvalue weighted by atomic mass is 19.4. The van der Waals surface area contributed by atoms with E-state index in [1.54, 1.807) is 35.4 Å². The largest absolute Gasteiger partial charge is 0.573 e. The normalized spacial score (nSPS) is 18.2. The molecule has 9 heteroatoms. The van der Waals surface area contributed by atoms with Crippen LogP contribution in [0.2, 0.25) is 0 Å². The molecule has 2 aliphatic rings. The minimum Gasteiger partial charge on any atom is -0.406 e. The number of halogens is 3. The molecule has 1 fully saturated rings. The Bertz CT molecular complexity index is 1240. The van der Waals surface area contributed by atoms with Crippen molar-refractivity contribution in [3.05, 3.63) is 95.3 Å². The van der Waals surface area contributed by atoms with Crippen LogP contribution in [0.25, 0.3) is 0 Å². The molecule has 3 aromatic rings. The van der Waals surface area contributed by atoms with Gasteiger partial charge in [-0.3, -0.25) is 14.6 Å². The van der Waals surface area contributed by atoms with E-state index in [1.807, 2.05) is 18.2 Å². The minimum atomic E-state index is -4.77. The molecule has 6 nitrogen and oxygen atoms in total. The zero-order valence-electron chi connectivity index (χ0n) is 18.6. The molecule has 1 atom stereocenters. The van der Waals surface area contributed by atoms with Crippen LogP contribution in [0, 0.1) is 0 Å². The molecule has 1 unspecified atom stereocenters. The van der Waals surface area contributed by atoms with Gasteiger partial charge in [-0.1, -0.05) is 36.4 Å². The fourth-order valence-corrected chi connectivity index (χ4v) is 4.56. The van der Waals surface area contributed by atoms with Crippen molar-refractivity contribution in [1.82, 2.24) is 15.2 Å². The molecule has 1 aromatic heterocycles. The Labute approximate surface area is 199 Å². The van der Waals surface area contributed by atoms with Gasteiger partial charge in [-0.05, 0) is 54.3 Å². The number of rotatable bonds is 7. The number of pyridine rings is 1. The standard InChI is InChI=1S/C26H22F3N3O3/c27-26(28,29)35-18-10-8-17(9-11-18)15-31-23(33)22-19-5-1-2-6-20(19)24(34)32(22)16-25(12-13-25)21-7-3-4-14-30-21/h1-11,14,22H,12-13,15-16H2,(H,31,33). The molecule has 0 bridgehead atoms. The first-order chi connectivity index (χ1) is 16.8. The van der Waals surface area contributed by atoms with Crippen LogP contribution >= 0.6 is 0 Å². The van der Waals surface area contributed by atoms with E-state index in [0.717, 1.165) is 18.5 Å². The van der Waals surface area contributed by atoms with Gasteiger partial charge in [0.05, 0.1) is 0 Å². The molecule has 1 N–H and O–H groups in total. The summed E-state index contributed by atoms with van der Waals surface area (Å²) in [6, 6.07) is 17.3. The van der Waals surface area contributed by atoms with Crippen LogP contribution in [0.3, 0.4) is 0 Å². The van der Waals surface area contributed by atoms with Crippen molar-refractivity contribution in [3.8, 4) is 5.75 Å². The molecule has 1 saturated carbocycles. The van der Waals surface area contributed by atoms with Crippen molar-refractivity contribution in [3.63, 3.8) is 0 Å². The SMILES string of the molecule is O=C(NCc1ccc(OC(F)(F)F)cc1)C1c2ccccc2C(=O)N1CC1(c2ccccn2)CC1. The summed E-state index contributed by atoms with van der Waals surface area (Å²) in [7, 11) is 0. The van der Waals surface area contributed by atoms with Crippen molar-refractivity contribution in [2.75, 3.05) is 6.54 Å². The summed E-state index contributed by atoms with van der Waals surface area (Å²) < 4.78 is 41.0. The Balaban J connectivity index is 1.33. The van der Waals surface area contributed by atoms with Gasteiger partial charge < -0.3 is 15.0 Å². The van der Waals surface area contributed by atoms with Gasteiger partial charge in [0.15, 0.2) is 0 Å². The van der Waals surface area contributed by atoms with E-state index in [0.29, 0.717) is 23.2 Å². The Kier molecular flexibility index (Phi) is 5.70. The summed E-state index contributed by atoms with van der Waals surface area (Å²) in [6.45, 7) is 0.469. The monoisotopic (exact) mass is 481 g/mol.